The highest BCUT2D eigenvalue weighted by molar-refractivity contribution is 7.20. The standard InChI is InChI=1S/C25H22N4O4S/c1-16-18-14-21(34-24(18)29(27-16)17-8-3-2-4-9-17)25(32)33-15-22(30)26-19-10-5-6-11-20(19)28-13-7-12-23(28)31/h2-6,8-11,14H,7,12-13,15H2,1H3,(H,26,30). The summed E-state index contributed by atoms with van der Waals surface area (Å²) in [5.41, 5.74) is 2.87. The molecule has 0 spiro atoms. The van der Waals surface area contributed by atoms with Gasteiger partial charge in [0.2, 0.25) is 5.91 Å². The van der Waals surface area contributed by atoms with Crippen molar-refractivity contribution in [1.29, 1.82) is 0 Å². The average Bonchev–Trinajstić information content (AvgIpc) is 3.55. The summed E-state index contributed by atoms with van der Waals surface area (Å²) < 4.78 is 7.08. The Labute approximate surface area is 199 Å². The van der Waals surface area contributed by atoms with E-state index in [1.54, 1.807) is 33.8 Å². The van der Waals surface area contributed by atoms with Crippen molar-refractivity contribution in [3.63, 3.8) is 0 Å². The summed E-state index contributed by atoms with van der Waals surface area (Å²) in [6, 6.07) is 18.5. The number of anilines is 2. The SMILES string of the molecule is Cc1nn(-c2ccccc2)c2sc(C(=O)OCC(=O)Nc3ccccc3N3CCCC3=O)cc12. The number of hydrogen-bond acceptors (Lipinski definition) is 6. The lowest BCUT2D eigenvalue weighted by molar-refractivity contribution is -0.119. The van der Waals surface area contributed by atoms with E-state index in [-0.39, 0.29) is 5.91 Å². The van der Waals surface area contributed by atoms with E-state index >= 15 is 0 Å². The van der Waals surface area contributed by atoms with Crippen LogP contribution in [0.3, 0.4) is 0 Å². The summed E-state index contributed by atoms with van der Waals surface area (Å²) in [5.74, 6) is -1.01. The number of esters is 1. The number of thiophene rings is 1. The summed E-state index contributed by atoms with van der Waals surface area (Å²) >= 11 is 1.27. The van der Waals surface area contributed by atoms with Crippen LogP contribution < -0.4 is 10.2 Å². The maximum atomic E-state index is 12.7. The number of carbonyl (C=O) groups excluding carboxylic acids is 3. The summed E-state index contributed by atoms with van der Waals surface area (Å²) in [4.78, 5) is 40.2. The second-order valence-electron chi connectivity index (χ2n) is 7.95. The fourth-order valence-electron chi connectivity index (χ4n) is 4.00. The number of ether oxygens (including phenoxy) is 1. The summed E-state index contributed by atoms with van der Waals surface area (Å²) in [5, 5.41) is 8.20. The van der Waals surface area contributed by atoms with Crippen LogP contribution in [0.2, 0.25) is 0 Å². The van der Waals surface area contributed by atoms with Crippen molar-refractivity contribution in [1.82, 2.24) is 9.78 Å². The van der Waals surface area contributed by atoms with E-state index in [0.29, 0.717) is 29.2 Å². The molecule has 34 heavy (non-hydrogen) atoms. The number of amides is 2. The first-order valence-corrected chi connectivity index (χ1v) is 11.7. The molecule has 1 fully saturated rings. The highest BCUT2D eigenvalue weighted by Gasteiger charge is 2.24. The molecule has 0 atom stereocenters. The van der Waals surface area contributed by atoms with Crippen molar-refractivity contribution in [2.24, 2.45) is 0 Å². The van der Waals surface area contributed by atoms with Crippen LogP contribution in [0.5, 0.6) is 0 Å². The zero-order valence-corrected chi connectivity index (χ0v) is 19.3. The Kier molecular flexibility index (Phi) is 5.85. The molecule has 0 radical (unpaired) electrons. The topological polar surface area (TPSA) is 93.5 Å². The number of para-hydroxylation sites is 3. The number of aryl methyl sites for hydroxylation is 1. The maximum Gasteiger partial charge on any atom is 0.348 e. The van der Waals surface area contributed by atoms with Crippen molar-refractivity contribution in [2.75, 3.05) is 23.4 Å². The highest BCUT2D eigenvalue weighted by atomic mass is 32.1. The minimum atomic E-state index is -0.571. The average molecular weight is 475 g/mol. The van der Waals surface area contributed by atoms with Crippen LogP contribution in [0, 0.1) is 6.92 Å². The fraction of sp³-hybridized carbons (Fsp3) is 0.200. The van der Waals surface area contributed by atoms with E-state index < -0.39 is 18.5 Å². The lowest BCUT2D eigenvalue weighted by atomic mass is 10.2. The first-order valence-electron chi connectivity index (χ1n) is 10.9. The molecule has 5 rings (SSSR count). The minimum Gasteiger partial charge on any atom is -0.451 e. The van der Waals surface area contributed by atoms with E-state index in [0.717, 1.165) is 28.0 Å². The number of fused-ring (bicyclic) bond motifs is 1. The van der Waals surface area contributed by atoms with E-state index in [4.69, 9.17) is 4.74 Å². The number of rotatable bonds is 6. The van der Waals surface area contributed by atoms with Crippen LogP contribution in [0.4, 0.5) is 11.4 Å². The molecule has 1 aliphatic rings. The zero-order valence-electron chi connectivity index (χ0n) is 18.5. The van der Waals surface area contributed by atoms with E-state index in [1.807, 2.05) is 43.3 Å². The molecular formula is C25H22N4O4S. The van der Waals surface area contributed by atoms with Crippen molar-refractivity contribution in [3.8, 4) is 5.69 Å². The van der Waals surface area contributed by atoms with Crippen LogP contribution in [0.25, 0.3) is 15.9 Å². The Balaban J connectivity index is 1.27. The molecule has 2 aromatic carbocycles. The van der Waals surface area contributed by atoms with Gasteiger partial charge in [0.1, 0.15) is 9.71 Å². The van der Waals surface area contributed by atoms with Gasteiger partial charge < -0.3 is 15.0 Å². The molecule has 3 heterocycles. The molecule has 1 aliphatic heterocycles. The predicted octanol–water partition coefficient (Wildman–Crippen LogP) is 4.32. The van der Waals surface area contributed by atoms with Crippen molar-refractivity contribution in [3.05, 3.63) is 71.2 Å². The van der Waals surface area contributed by atoms with E-state index in [9.17, 15) is 14.4 Å². The van der Waals surface area contributed by atoms with Gasteiger partial charge in [-0.2, -0.15) is 5.10 Å². The van der Waals surface area contributed by atoms with Gasteiger partial charge in [0.15, 0.2) is 6.61 Å². The lowest BCUT2D eigenvalue weighted by Crippen LogP contribution is -2.26. The monoisotopic (exact) mass is 474 g/mol. The normalized spacial score (nSPS) is 13.4. The third-order valence-electron chi connectivity index (χ3n) is 5.62. The predicted molar refractivity (Wildman–Crippen MR) is 131 cm³/mol. The number of nitrogens with zero attached hydrogens (tertiary/aromatic N) is 3. The first-order chi connectivity index (χ1) is 16.5. The van der Waals surface area contributed by atoms with Crippen LogP contribution in [-0.2, 0) is 14.3 Å². The number of carbonyl (C=O) groups is 3. The molecule has 0 bridgehead atoms. The van der Waals surface area contributed by atoms with Gasteiger partial charge in [0.05, 0.1) is 22.8 Å². The van der Waals surface area contributed by atoms with Crippen molar-refractivity contribution < 1.29 is 19.1 Å². The smallest absolute Gasteiger partial charge is 0.348 e. The van der Waals surface area contributed by atoms with Gasteiger partial charge in [-0.25, -0.2) is 9.48 Å². The molecule has 2 aromatic heterocycles. The lowest BCUT2D eigenvalue weighted by Gasteiger charge is -2.19. The van der Waals surface area contributed by atoms with Crippen molar-refractivity contribution in [2.45, 2.75) is 19.8 Å². The van der Waals surface area contributed by atoms with E-state index in [1.165, 1.54) is 11.3 Å². The molecule has 0 aliphatic carbocycles. The number of aromatic nitrogens is 2. The first kappa shape index (κ1) is 21.8. The molecule has 8 nitrogen and oxygen atoms in total. The van der Waals surface area contributed by atoms with E-state index in [2.05, 4.69) is 10.4 Å². The molecule has 4 aromatic rings. The Morgan fingerprint density at radius 2 is 1.88 bits per heavy atom. The third kappa shape index (κ3) is 4.17. The second-order valence-corrected chi connectivity index (χ2v) is 8.98. The molecule has 9 heteroatoms. The van der Waals surface area contributed by atoms with Gasteiger partial charge in [-0.05, 0) is 43.7 Å². The van der Waals surface area contributed by atoms with Crippen LogP contribution in [0.1, 0.15) is 28.2 Å². The number of nitrogens with one attached hydrogen (secondary N) is 1. The Morgan fingerprint density at radius 1 is 1.12 bits per heavy atom. The third-order valence-corrected chi connectivity index (χ3v) is 6.71. The Hall–Kier alpha value is -3.98. The zero-order chi connectivity index (χ0) is 23.7. The Morgan fingerprint density at radius 3 is 2.65 bits per heavy atom. The van der Waals surface area contributed by atoms with Crippen LogP contribution >= 0.6 is 11.3 Å². The van der Waals surface area contributed by atoms with Gasteiger partial charge in [-0.1, -0.05) is 30.3 Å². The molecule has 0 saturated carbocycles. The number of hydrogen-bond donors (Lipinski definition) is 1. The Bertz CT molecular complexity index is 1390. The largest absolute Gasteiger partial charge is 0.451 e. The summed E-state index contributed by atoms with van der Waals surface area (Å²) in [7, 11) is 0. The van der Waals surface area contributed by atoms with Crippen LogP contribution in [0.15, 0.2) is 60.7 Å². The minimum absolute atomic E-state index is 0.0299. The highest BCUT2D eigenvalue weighted by Crippen LogP contribution is 2.31. The molecule has 172 valence electrons. The second kappa shape index (κ2) is 9.11. The van der Waals surface area contributed by atoms with Crippen LogP contribution in [-0.4, -0.2) is 40.7 Å². The molecular weight excluding hydrogens is 452 g/mol. The van der Waals surface area contributed by atoms with Crippen molar-refractivity contribution >= 4 is 50.7 Å². The number of benzene rings is 2. The van der Waals surface area contributed by atoms with Gasteiger partial charge in [-0.15, -0.1) is 11.3 Å². The molecule has 1 saturated heterocycles. The molecule has 1 N–H and O–H groups in total. The van der Waals surface area contributed by atoms with Gasteiger partial charge >= 0.3 is 5.97 Å². The van der Waals surface area contributed by atoms with Gasteiger partial charge in [0.25, 0.3) is 5.91 Å². The molecule has 2 amide bonds. The maximum absolute atomic E-state index is 12.7. The van der Waals surface area contributed by atoms with Gasteiger partial charge in [0, 0.05) is 18.4 Å². The quantitative estimate of drug-likeness (QED) is 0.420. The fourth-order valence-corrected chi connectivity index (χ4v) is 5.07. The summed E-state index contributed by atoms with van der Waals surface area (Å²) in [6.07, 6.45) is 1.28. The van der Waals surface area contributed by atoms with Gasteiger partial charge in [-0.3, -0.25) is 9.59 Å². The summed E-state index contributed by atoms with van der Waals surface area (Å²) in [6.45, 7) is 2.07. The molecule has 0 unspecified atom stereocenters.